The molecule has 3 nitrogen and oxygen atoms in total. The van der Waals surface area contributed by atoms with E-state index in [1.165, 1.54) is 44.9 Å². The molecule has 1 unspecified atom stereocenters. The van der Waals surface area contributed by atoms with Crippen molar-refractivity contribution >= 4 is 11.6 Å². The summed E-state index contributed by atoms with van der Waals surface area (Å²) in [6.45, 7) is 4.23. The van der Waals surface area contributed by atoms with Crippen molar-refractivity contribution in [1.82, 2.24) is 15.1 Å². The van der Waals surface area contributed by atoms with Gasteiger partial charge in [-0.25, -0.2) is 0 Å². The molecular weight excluding hydrogens is 270 g/mol. The Hall–Kier alpha value is -0.540. The fourth-order valence-electron chi connectivity index (χ4n) is 2.65. The molecule has 0 aromatic carbocycles. The van der Waals surface area contributed by atoms with Crippen molar-refractivity contribution in [3.63, 3.8) is 0 Å². The average molecular weight is 300 g/mol. The summed E-state index contributed by atoms with van der Waals surface area (Å²) in [5, 5.41) is 8.63. The van der Waals surface area contributed by atoms with E-state index in [0.717, 1.165) is 22.8 Å². The van der Waals surface area contributed by atoms with Crippen LogP contribution < -0.4 is 5.32 Å². The highest BCUT2D eigenvalue weighted by Crippen LogP contribution is 2.22. The Balaban J connectivity index is 2.35. The monoisotopic (exact) mass is 299 g/mol. The molecule has 0 aliphatic heterocycles. The topological polar surface area (TPSA) is 29.9 Å². The van der Waals surface area contributed by atoms with Crippen LogP contribution in [-0.4, -0.2) is 22.9 Å². The van der Waals surface area contributed by atoms with Crippen LogP contribution in [0.2, 0.25) is 5.02 Å². The largest absolute Gasteiger partial charge is 0.317 e. The number of nitrogens with zero attached hydrogens (tertiary/aromatic N) is 2. The normalized spacial score (nSPS) is 12.8. The summed E-state index contributed by atoms with van der Waals surface area (Å²) in [5.74, 6) is 0. The number of aryl methyl sites for hydroxylation is 2. The van der Waals surface area contributed by atoms with Gasteiger partial charge in [0.1, 0.15) is 0 Å². The molecule has 0 fully saturated rings. The summed E-state index contributed by atoms with van der Waals surface area (Å²) in [7, 11) is 4.02. The third-order valence-corrected chi connectivity index (χ3v) is 4.51. The second kappa shape index (κ2) is 9.41. The quantitative estimate of drug-likeness (QED) is 0.654. The number of halogens is 1. The Labute approximate surface area is 129 Å². The van der Waals surface area contributed by atoms with E-state index in [1.807, 2.05) is 25.7 Å². The van der Waals surface area contributed by atoms with Gasteiger partial charge < -0.3 is 5.32 Å². The van der Waals surface area contributed by atoms with E-state index in [4.69, 9.17) is 11.6 Å². The van der Waals surface area contributed by atoms with Crippen molar-refractivity contribution < 1.29 is 0 Å². The third-order valence-electron chi connectivity index (χ3n) is 4.02. The molecule has 1 aromatic rings. The molecule has 0 saturated carbocycles. The van der Waals surface area contributed by atoms with E-state index >= 15 is 0 Å². The highest BCUT2D eigenvalue weighted by atomic mass is 35.5. The molecule has 1 rings (SSSR count). The summed E-state index contributed by atoms with van der Waals surface area (Å²) >= 11 is 6.32. The third kappa shape index (κ3) is 5.45. The highest BCUT2D eigenvalue weighted by Gasteiger charge is 2.15. The molecule has 1 heterocycles. The zero-order valence-electron chi connectivity index (χ0n) is 13.5. The molecule has 0 saturated heterocycles. The van der Waals surface area contributed by atoms with Gasteiger partial charge >= 0.3 is 0 Å². The molecular formula is C16H30ClN3. The van der Waals surface area contributed by atoms with Crippen LogP contribution >= 0.6 is 11.6 Å². The molecule has 0 amide bonds. The molecule has 1 atom stereocenters. The van der Waals surface area contributed by atoms with Gasteiger partial charge in [-0.1, -0.05) is 57.0 Å². The molecule has 0 aliphatic rings. The zero-order chi connectivity index (χ0) is 15.0. The van der Waals surface area contributed by atoms with Gasteiger partial charge in [0, 0.05) is 19.5 Å². The molecule has 0 radical (unpaired) electrons. The van der Waals surface area contributed by atoms with Crippen LogP contribution in [0.5, 0.6) is 0 Å². The lowest BCUT2D eigenvalue weighted by Crippen LogP contribution is -2.28. The maximum absolute atomic E-state index is 6.32. The number of rotatable bonds is 10. The van der Waals surface area contributed by atoms with Crippen LogP contribution in [-0.2, 0) is 13.5 Å². The van der Waals surface area contributed by atoms with Crippen LogP contribution in [0.4, 0.5) is 0 Å². The highest BCUT2D eigenvalue weighted by molar-refractivity contribution is 6.31. The van der Waals surface area contributed by atoms with E-state index in [1.54, 1.807) is 0 Å². The Morgan fingerprint density at radius 3 is 2.40 bits per heavy atom. The van der Waals surface area contributed by atoms with Gasteiger partial charge in [-0.3, -0.25) is 4.68 Å². The lowest BCUT2D eigenvalue weighted by molar-refractivity contribution is 0.469. The SMILES string of the molecule is CCCCCCCCC(Cc1c(Cl)c(C)nn1C)NC. The van der Waals surface area contributed by atoms with E-state index in [0.29, 0.717) is 6.04 Å². The van der Waals surface area contributed by atoms with E-state index in [-0.39, 0.29) is 0 Å². The van der Waals surface area contributed by atoms with Crippen LogP contribution in [0.15, 0.2) is 0 Å². The van der Waals surface area contributed by atoms with Crippen LogP contribution in [0, 0.1) is 6.92 Å². The molecule has 20 heavy (non-hydrogen) atoms. The van der Waals surface area contributed by atoms with Gasteiger partial charge in [0.25, 0.3) is 0 Å². The van der Waals surface area contributed by atoms with Gasteiger partial charge in [0.2, 0.25) is 0 Å². The Bertz CT molecular complexity index is 387. The van der Waals surface area contributed by atoms with E-state index in [9.17, 15) is 0 Å². The summed E-state index contributed by atoms with van der Waals surface area (Å²) in [4.78, 5) is 0. The minimum atomic E-state index is 0.494. The standard InChI is InChI=1S/C16H30ClN3/c1-5-6-7-8-9-10-11-14(18-3)12-15-16(17)13(2)19-20(15)4/h14,18H,5-12H2,1-4H3. The van der Waals surface area contributed by atoms with Crippen LogP contribution in [0.1, 0.15) is 63.3 Å². The predicted molar refractivity (Wildman–Crippen MR) is 87.5 cm³/mol. The summed E-state index contributed by atoms with van der Waals surface area (Å²) in [5.41, 5.74) is 2.08. The minimum Gasteiger partial charge on any atom is -0.317 e. The lowest BCUT2D eigenvalue weighted by atomic mass is 10.0. The Kier molecular flexibility index (Phi) is 8.24. The Morgan fingerprint density at radius 2 is 1.85 bits per heavy atom. The number of hydrogen-bond acceptors (Lipinski definition) is 2. The number of nitrogens with one attached hydrogen (secondary N) is 1. The van der Waals surface area contributed by atoms with Gasteiger partial charge in [0.05, 0.1) is 16.4 Å². The average Bonchev–Trinajstić information content (AvgIpc) is 2.67. The maximum atomic E-state index is 6.32. The van der Waals surface area contributed by atoms with Crippen molar-refractivity contribution in [2.75, 3.05) is 7.05 Å². The molecule has 1 N–H and O–H groups in total. The van der Waals surface area contributed by atoms with Crippen molar-refractivity contribution in [3.05, 3.63) is 16.4 Å². The number of likely N-dealkylation sites (N-methyl/N-ethyl adjacent to an activating group) is 1. The fourth-order valence-corrected chi connectivity index (χ4v) is 2.89. The molecule has 0 aliphatic carbocycles. The van der Waals surface area contributed by atoms with Crippen molar-refractivity contribution in [2.24, 2.45) is 7.05 Å². The van der Waals surface area contributed by atoms with Crippen LogP contribution in [0.25, 0.3) is 0 Å². The number of hydrogen-bond donors (Lipinski definition) is 1. The molecule has 0 spiro atoms. The smallest absolute Gasteiger partial charge is 0.0847 e. The van der Waals surface area contributed by atoms with Crippen molar-refractivity contribution in [3.8, 4) is 0 Å². The van der Waals surface area contributed by atoms with Crippen LogP contribution in [0.3, 0.4) is 0 Å². The van der Waals surface area contributed by atoms with E-state index < -0.39 is 0 Å². The molecule has 1 aromatic heterocycles. The zero-order valence-corrected chi connectivity index (χ0v) is 14.3. The second-order valence-corrected chi connectivity index (χ2v) is 6.09. The number of aromatic nitrogens is 2. The van der Waals surface area contributed by atoms with Gasteiger partial charge in [-0.05, 0) is 20.4 Å². The first kappa shape index (κ1) is 17.5. The minimum absolute atomic E-state index is 0.494. The molecule has 116 valence electrons. The van der Waals surface area contributed by atoms with Gasteiger partial charge in [0.15, 0.2) is 0 Å². The van der Waals surface area contributed by atoms with Crippen molar-refractivity contribution in [2.45, 2.75) is 71.3 Å². The van der Waals surface area contributed by atoms with Gasteiger partial charge in [-0.2, -0.15) is 5.10 Å². The summed E-state index contributed by atoms with van der Waals surface area (Å²) < 4.78 is 1.92. The van der Waals surface area contributed by atoms with Gasteiger partial charge in [-0.15, -0.1) is 0 Å². The number of unbranched alkanes of at least 4 members (excludes halogenated alkanes) is 5. The second-order valence-electron chi connectivity index (χ2n) is 5.72. The molecule has 4 heteroatoms. The first-order valence-corrected chi connectivity index (χ1v) is 8.33. The fraction of sp³-hybridized carbons (Fsp3) is 0.812. The first-order valence-electron chi connectivity index (χ1n) is 7.95. The van der Waals surface area contributed by atoms with E-state index in [2.05, 4.69) is 17.3 Å². The predicted octanol–water partition coefficient (Wildman–Crippen LogP) is 4.26. The summed E-state index contributed by atoms with van der Waals surface area (Å²) in [6.07, 6.45) is 10.3. The summed E-state index contributed by atoms with van der Waals surface area (Å²) in [6, 6.07) is 0.494. The lowest BCUT2D eigenvalue weighted by Gasteiger charge is -2.16. The van der Waals surface area contributed by atoms with Crippen molar-refractivity contribution in [1.29, 1.82) is 0 Å². The first-order chi connectivity index (χ1) is 9.60. The Morgan fingerprint density at radius 1 is 1.20 bits per heavy atom. The maximum Gasteiger partial charge on any atom is 0.0847 e. The molecule has 0 bridgehead atoms.